The second kappa shape index (κ2) is 7.88. The van der Waals surface area contributed by atoms with Gasteiger partial charge in [0, 0.05) is 28.2 Å². The van der Waals surface area contributed by atoms with Crippen molar-refractivity contribution in [2.75, 3.05) is 13.7 Å². The van der Waals surface area contributed by atoms with Crippen LogP contribution in [-0.2, 0) is 27.9 Å². The summed E-state index contributed by atoms with van der Waals surface area (Å²) >= 11 is 0. The summed E-state index contributed by atoms with van der Waals surface area (Å²) < 4.78 is 55.7. The summed E-state index contributed by atoms with van der Waals surface area (Å²) in [7, 11) is 1.33. The number of hydrogen-bond acceptors (Lipinski definition) is 6. The molecule has 3 aromatic rings. The van der Waals surface area contributed by atoms with Gasteiger partial charge in [-0.1, -0.05) is 6.07 Å². The minimum absolute atomic E-state index is 0.0443. The number of fused-ring (bicyclic) bond motifs is 1. The van der Waals surface area contributed by atoms with E-state index in [-0.39, 0.29) is 24.7 Å². The summed E-state index contributed by atoms with van der Waals surface area (Å²) in [4.78, 5) is 15.0. The maximum Gasteiger partial charge on any atom is 0.433 e. The smallest absolute Gasteiger partial charge is 0.433 e. The molecule has 0 unspecified atom stereocenters. The van der Waals surface area contributed by atoms with Crippen LogP contribution < -0.4 is 10.1 Å². The van der Waals surface area contributed by atoms with Crippen LogP contribution in [0.5, 0.6) is 5.75 Å². The van der Waals surface area contributed by atoms with Gasteiger partial charge in [0.1, 0.15) is 23.7 Å². The monoisotopic (exact) mass is 434 g/mol. The third kappa shape index (κ3) is 4.23. The molecule has 0 saturated heterocycles. The molecule has 1 saturated carbocycles. The van der Waals surface area contributed by atoms with E-state index in [1.165, 1.54) is 19.2 Å². The van der Waals surface area contributed by atoms with Crippen LogP contribution in [0.15, 0.2) is 40.9 Å². The standard InChI is InChI=1S/C22H21F3N2O4/c1-13-19(21(7-8-21)27-11-18(28)29-2)16-10-15(5-6-17(16)31-13)30-12-14-4-3-9-26-20(14)22(23,24)25/h3-6,9-10,27H,7-8,11-12H2,1-2H3. The number of rotatable bonds is 7. The van der Waals surface area contributed by atoms with E-state index in [0.29, 0.717) is 17.1 Å². The van der Waals surface area contributed by atoms with E-state index in [9.17, 15) is 18.0 Å². The molecule has 9 heteroatoms. The van der Waals surface area contributed by atoms with E-state index < -0.39 is 17.4 Å². The molecule has 0 aliphatic heterocycles. The van der Waals surface area contributed by atoms with Gasteiger partial charge in [0.25, 0.3) is 0 Å². The Bertz CT molecular complexity index is 1120. The SMILES string of the molecule is COC(=O)CNC1(c2c(C)oc3ccc(OCc4cccnc4C(F)(F)F)cc23)CC1. The fourth-order valence-electron chi connectivity index (χ4n) is 3.81. The number of pyridine rings is 1. The van der Waals surface area contributed by atoms with Gasteiger partial charge in [0.05, 0.1) is 13.7 Å². The first-order chi connectivity index (χ1) is 14.7. The van der Waals surface area contributed by atoms with Gasteiger partial charge in [-0.2, -0.15) is 13.2 Å². The first-order valence-electron chi connectivity index (χ1n) is 9.73. The number of nitrogens with zero attached hydrogens (tertiary/aromatic N) is 1. The van der Waals surface area contributed by atoms with Crippen LogP contribution in [-0.4, -0.2) is 24.6 Å². The van der Waals surface area contributed by atoms with Gasteiger partial charge < -0.3 is 13.9 Å². The molecule has 1 aliphatic carbocycles. The number of hydrogen-bond donors (Lipinski definition) is 1. The van der Waals surface area contributed by atoms with Crippen molar-refractivity contribution in [3.63, 3.8) is 0 Å². The number of methoxy groups -OCH3 is 1. The van der Waals surface area contributed by atoms with Crippen LogP contribution in [0.25, 0.3) is 11.0 Å². The number of carbonyl (C=O) groups excluding carboxylic acids is 1. The first kappa shape index (κ1) is 21.2. The zero-order valence-corrected chi connectivity index (χ0v) is 17.0. The lowest BCUT2D eigenvalue weighted by Crippen LogP contribution is -2.34. The van der Waals surface area contributed by atoms with Crippen molar-refractivity contribution < 1.29 is 31.9 Å². The van der Waals surface area contributed by atoms with Crippen LogP contribution in [0.3, 0.4) is 0 Å². The number of ether oxygens (including phenoxy) is 2. The summed E-state index contributed by atoms with van der Waals surface area (Å²) in [5.74, 6) is 0.765. The average molecular weight is 434 g/mol. The number of furan rings is 1. The minimum atomic E-state index is -4.55. The van der Waals surface area contributed by atoms with E-state index in [2.05, 4.69) is 10.3 Å². The topological polar surface area (TPSA) is 73.6 Å². The Morgan fingerprint density at radius 1 is 1.29 bits per heavy atom. The second-order valence-corrected chi connectivity index (χ2v) is 7.50. The number of aromatic nitrogens is 1. The summed E-state index contributed by atoms with van der Waals surface area (Å²) in [6.45, 7) is 1.65. The van der Waals surface area contributed by atoms with E-state index in [4.69, 9.17) is 13.9 Å². The molecule has 31 heavy (non-hydrogen) atoms. The van der Waals surface area contributed by atoms with Crippen molar-refractivity contribution in [1.82, 2.24) is 10.3 Å². The highest BCUT2D eigenvalue weighted by Gasteiger charge is 2.47. The molecule has 2 aromatic heterocycles. The lowest BCUT2D eigenvalue weighted by atomic mass is 10.0. The quantitative estimate of drug-likeness (QED) is 0.553. The predicted octanol–water partition coefficient (Wildman–Crippen LogP) is 4.49. The Kier molecular flexibility index (Phi) is 5.38. The highest BCUT2D eigenvalue weighted by atomic mass is 19.4. The van der Waals surface area contributed by atoms with Crippen molar-refractivity contribution in [2.24, 2.45) is 0 Å². The lowest BCUT2D eigenvalue weighted by molar-refractivity contribution is -0.142. The normalized spacial score (nSPS) is 15.1. The van der Waals surface area contributed by atoms with E-state index in [1.54, 1.807) is 18.2 Å². The molecular weight excluding hydrogens is 413 g/mol. The molecule has 0 atom stereocenters. The van der Waals surface area contributed by atoms with Gasteiger partial charge in [-0.05, 0) is 44.0 Å². The van der Waals surface area contributed by atoms with Crippen molar-refractivity contribution in [3.8, 4) is 5.75 Å². The number of aryl methyl sites for hydroxylation is 1. The molecule has 164 valence electrons. The van der Waals surface area contributed by atoms with E-state index in [1.807, 2.05) is 6.92 Å². The van der Waals surface area contributed by atoms with Gasteiger partial charge >= 0.3 is 12.1 Å². The molecule has 4 rings (SSSR count). The number of nitrogens with one attached hydrogen (secondary N) is 1. The number of carbonyl (C=O) groups is 1. The largest absolute Gasteiger partial charge is 0.489 e. The second-order valence-electron chi connectivity index (χ2n) is 7.50. The molecule has 0 radical (unpaired) electrons. The van der Waals surface area contributed by atoms with Crippen LogP contribution in [0.1, 0.15) is 35.4 Å². The van der Waals surface area contributed by atoms with Crippen molar-refractivity contribution in [3.05, 3.63) is 59.1 Å². The highest BCUT2D eigenvalue weighted by Crippen LogP contribution is 2.50. The van der Waals surface area contributed by atoms with Crippen molar-refractivity contribution in [1.29, 1.82) is 0 Å². The number of benzene rings is 1. The zero-order chi connectivity index (χ0) is 22.2. The Morgan fingerprint density at radius 2 is 2.06 bits per heavy atom. The maximum atomic E-state index is 13.2. The Balaban J connectivity index is 1.60. The lowest BCUT2D eigenvalue weighted by Gasteiger charge is -2.17. The molecule has 2 heterocycles. The number of esters is 1. The molecule has 0 bridgehead atoms. The third-order valence-corrected chi connectivity index (χ3v) is 5.42. The summed E-state index contributed by atoms with van der Waals surface area (Å²) in [6, 6.07) is 7.92. The molecule has 1 aromatic carbocycles. The molecule has 1 aliphatic rings. The predicted molar refractivity (Wildman–Crippen MR) is 105 cm³/mol. The highest BCUT2D eigenvalue weighted by molar-refractivity contribution is 5.85. The molecule has 1 N–H and O–H groups in total. The first-order valence-corrected chi connectivity index (χ1v) is 9.73. The van der Waals surface area contributed by atoms with Crippen molar-refractivity contribution in [2.45, 2.75) is 38.1 Å². The average Bonchev–Trinajstić information content (AvgIpc) is 3.44. The number of alkyl halides is 3. The van der Waals surface area contributed by atoms with Gasteiger partial charge in [0.15, 0.2) is 5.69 Å². The third-order valence-electron chi connectivity index (χ3n) is 5.42. The summed E-state index contributed by atoms with van der Waals surface area (Å²) in [5, 5.41) is 4.05. The molecule has 6 nitrogen and oxygen atoms in total. The van der Waals surface area contributed by atoms with Crippen LogP contribution in [0, 0.1) is 6.92 Å². The molecule has 0 spiro atoms. The molecule has 0 amide bonds. The molecular formula is C22H21F3N2O4. The molecule has 1 fully saturated rings. The van der Waals surface area contributed by atoms with Crippen molar-refractivity contribution >= 4 is 16.9 Å². The van der Waals surface area contributed by atoms with Gasteiger partial charge in [0.2, 0.25) is 0 Å². The van der Waals surface area contributed by atoms with Gasteiger partial charge in [-0.25, -0.2) is 0 Å². The minimum Gasteiger partial charge on any atom is -0.489 e. The Morgan fingerprint density at radius 3 is 2.74 bits per heavy atom. The Hall–Kier alpha value is -3.07. The van der Waals surface area contributed by atoms with Crippen LogP contribution >= 0.6 is 0 Å². The van der Waals surface area contributed by atoms with Gasteiger partial charge in [-0.3, -0.25) is 15.1 Å². The summed E-state index contributed by atoms with van der Waals surface area (Å²) in [6.07, 6.45) is -1.79. The Labute approximate surface area is 176 Å². The van der Waals surface area contributed by atoms with E-state index >= 15 is 0 Å². The maximum absolute atomic E-state index is 13.2. The fourth-order valence-corrected chi connectivity index (χ4v) is 3.81. The summed E-state index contributed by atoms with van der Waals surface area (Å²) in [5.41, 5.74) is 0.170. The number of halogens is 3. The van der Waals surface area contributed by atoms with E-state index in [0.717, 1.165) is 30.0 Å². The fraction of sp³-hybridized carbons (Fsp3) is 0.364. The van der Waals surface area contributed by atoms with Crippen LogP contribution in [0.4, 0.5) is 13.2 Å². The zero-order valence-electron chi connectivity index (χ0n) is 17.0. The van der Waals surface area contributed by atoms with Crippen LogP contribution in [0.2, 0.25) is 0 Å². The van der Waals surface area contributed by atoms with Gasteiger partial charge in [-0.15, -0.1) is 0 Å².